The number of hydrogen-bond acceptors (Lipinski definition) is 11. The molecule has 3 N–H and O–H groups in total. The molecule has 45 heavy (non-hydrogen) atoms. The van der Waals surface area contributed by atoms with E-state index in [4.69, 9.17) is 4.98 Å². The van der Waals surface area contributed by atoms with Crippen molar-refractivity contribution in [3.63, 3.8) is 0 Å². The molecule has 0 aliphatic carbocycles. The fourth-order valence-electron chi connectivity index (χ4n) is 6.12. The molecule has 2 saturated heterocycles. The van der Waals surface area contributed by atoms with E-state index in [0.717, 1.165) is 44.5 Å². The smallest absolute Gasteiger partial charge is 0.229 e. The number of fused-ring (bicyclic) bond motifs is 1. The predicted molar refractivity (Wildman–Crippen MR) is 184 cm³/mol. The minimum Gasteiger partial charge on any atom is -0.371 e. The molecule has 4 aromatic rings. The molecule has 2 aromatic heterocycles. The van der Waals surface area contributed by atoms with Gasteiger partial charge in [-0.25, -0.2) is 13.4 Å². The Morgan fingerprint density at radius 3 is 2.44 bits per heavy atom. The highest BCUT2D eigenvalue weighted by molar-refractivity contribution is 9.10. The number of piperazine rings is 1. The normalized spacial score (nSPS) is 17.0. The van der Waals surface area contributed by atoms with Crippen molar-refractivity contribution in [3.05, 3.63) is 59.0 Å². The average molecular weight is 696 g/mol. The number of anilines is 6. The predicted octanol–water partition coefficient (Wildman–Crippen LogP) is 4.82. The molecule has 238 valence electrons. The summed E-state index contributed by atoms with van der Waals surface area (Å²) in [6.07, 6.45) is 9.14. The van der Waals surface area contributed by atoms with Crippen molar-refractivity contribution in [1.29, 1.82) is 0 Å². The zero-order valence-electron chi connectivity index (χ0n) is 25.8. The molecule has 4 heterocycles. The Bertz CT molecular complexity index is 1770. The summed E-state index contributed by atoms with van der Waals surface area (Å²) in [7, 11) is -1.38. The summed E-state index contributed by atoms with van der Waals surface area (Å²) in [5.41, 5.74) is 5.23. The number of benzene rings is 2. The number of aryl methyl sites for hydroxylation is 1. The zero-order valence-corrected chi connectivity index (χ0v) is 28.2. The van der Waals surface area contributed by atoms with Crippen molar-refractivity contribution < 1.29 is 8.42 Å². The minimum atomic E-state index is -3.59. The Kier molecular flexibility index (Phi) is 9.36. The van der Waals surface area contributed by atoms with Crippen LogP contribution in [-0.4, -0.2) is 96.8 Å². The second-order valence-corrected chi connectivity index (χ2v) is 14.3. The lowest BCUT2D eigenvalue weighted by atomic mass is 10.00. The molecule has 0 unspecified atom stereocenters. The maximum Gasteiger partial charge on any atom is 0.229 e. The van der Waals surface area contributed by atoms with Crippen LogP contribution in [0.2, 0.25) is 0 Å². The highest BCUT2D eigenvalue weighted by Crippen LogP contribution is 2.35. The summed E-state index contributed by atoms with van der Waals surface area (Å²) in [6.45, 7) is 8.99. The molecular formula is C31H39BrN10O2S. The van der Waals surface area contributed by atoms with E-state index in [-0.39, 0.29) is 0 Å². The van der Waals surface area contributed by atoms with Gasteiger partial charge in [-0.15, -0.1) is 0 Å². The van der Waals surface area contributed by atoms with E-state index in [9.17, 15) is 8.42 Å². The molecule has 12 nitrogen and oxygen atoms in total. The van der Waals surface area contributed by atoms with Gasteiger partial charge in [0.05, 0.1) is 27.6 Å². The van der Waals surface area contributed by atoms with Crippen molar-refractivity contribution in [2.45, 2.75) is 32.2 Å². The van der Waals surface area contributed by atoms with Gasteiger partial charge in [-0.1, -0.05) is 6.92 Å². The molecular weight excluding hydrogens is 656 g/mol. The summed E-state index contributed by atoms with van der Waals surface area (Å²) >= 11 is 3.53. The third-order valence-electron chi connectivity index (χ3n) is 8.50. The molecule has 2 fully saturated rings. The topological polar surface area (TPSA) is 132 Å². The fourth-order valence-corrected chi connectivity index (χ4v) is 6.98. The van der Waals surface area contributed by atoms with E-state index in [1.54, 1.807) is 24.5 Å². The number of rotatable bonds is 9. The molecule has 0 radical (unpaired) electrons. The van der Waals surface area contributed by atoms with Crippen molar-refractivity contribution in [3.8, 4) is 0 Å². The molecule has 0 spiro atoms. The van der Waals surface area contributed by atoms with Crippen molar-refractivity contribution in [1.82, 2.24) is 29.7 Å². The highest BCUT2D eigenvalue weighted by Gasteiger charge is 2.27. The van der Waals surface area contributed by atoms with Gasteiger partial charge in [0, 0.05) is 75.3 Å². The lowest BCUT2D eigenvalue weighted by Crippen LogP contribution is -2.52. The van der Waals surface area contributed by atoms with Gasteiger partial charge in [0.15, 0.2) is 0 Å². The number of nitrogens with one attached hydrogen (secondary N) is 3. The third kappa shape index (κ3) is 7.46. The second kappa shape index (κ2) is 13.4. The monoisotopic (exact) mass is 694 g/mol. The van der Waals surface area contributed by atoms with Crippen LogP contribution in [0.3, 0.4) is 0 Å². The summed E-state index contributed by atoms with van der Waals surface area (Å²) < 4.78 is 27.6. The number of sulfonamides is 1. The van der Waals surface area contributed by atoms with Gasteiger partial charge in [-0.05, 0) is 78.1 Å². The number of likely N-dealkylation sites (N-methyl/N-ethyl adjacent to an activating group) is 1. The summed E-state index contributed by atoms with van der Waals surface area (Å²) in [6, 6.07) is 10.7. The van der Waals surface area contributed by atoms with Gasteiger partial charge in [-0.3, -0.25) is 19.6 Å². The molecule has 0 atom stereocenters. The van der Waals surface area contributed by atoms with Crippen LogP contribution in [0.15, 0.2) is 53.4 Å². The van der Waals surface area contributed by atoms with Crippen LogP contribution in [0.1, 0.15) is 25.3 Å². The number of hydrogen-bond donors (Lipinski definition) is 3. The van der Waals surface area contributed by atoms with E-state index in [1.807, 2.05) is 0 Å². The molecule has 2 aliphatic rings. The average Bonchev–Trinajstić information content (AvgIpc) is 3.03. The van der Waals surface area contributed by atoms with Crippen molar-refractivity contribution in [2.75, 3.05) is 72.8 Å². The lowest BCUT2D eigenvalue weighted by Gasteiger charge is -2.43. The van der Waals surface area contributed by atoms with Gasteiger partial charge in [0.1, 0.15) is 11.3 Å². The molecule has 0 amide bonds. The summed E-state index contributed by atoms with van der Waals surface area (Å²) in [4.78, 5) is 25.5. The van der Waals surface area contributed by atoms with Crippen LogP contribution in [-0.2, 0) is 16.4 Å². The van der Waals surface area contributed by atoms with Gasteiger partial charge in [-0.2, -0.15) is 4.98 Å². The standard InChI is InChI=1S/C31H39BrN10O2S/c1-4-21-19-22(5-8-27(21)42-13-9-23(10-14-42)41-17-15-40(2)16-18-41)36-31-35-20-24(32)30(38-31)37-26-7-6-25-28(34-12-11-33-25)29(26)39-45(3,43)44/h5-8,11-12,19-20,23,39H,4,9-10,13-18H2,1-3H3,(H2,35,36,37,38). The Morgan fingerprint density at radius 1 is 0.956 bits per heavy atom. The van der Waals surface area contributed by atoms with Crippen LogP contribution >= 0.6 is 15.9 Å². The van der Waals surface area contributed by atoms with E-state index < -0.39 is 10.0 Å². The Morgan fingerprint density at radius 2 is 1.71 bits per heavy atom. The van der Waals surface area contributed by atoms with Gasteiger partial charge in [0.2, 0.25) is 16.0 Å². The van der Waals surface area contributed by atoms with Gasteiger partial charge < -0.3 is 20.4 Å². The van der Waals surface area contributed by atoms with Crippen LogP contribution in [0.5, 0.6) is 0 Å². The largest absolute Gasteiger partial charge is 0.371 e. The Hall–Kier alpha value is -3.59. The van der Waals surface area contributed by atoms with Gasteiger partial charge >= 0.3 is 0 Å². The number of halogens is 1. The first-order valence-corrected chi connectivity index (χ1v) is 17.9. The Labute approximate surface area is 272 Å². The van der Waals surface area contributed by atoms with E-state index >= 15 is 0 Å². The first kappa shape index (κ1) is 31.4. The first-order chi connectivity index (χ1) is 21.7. The molecule has 14 heteroatoms. The summed E-state index contributed by atoms with van der Waals surface area (Å²) in [5, 5.41) is 6.59. The van der Waals surface area contributed by atoms with Crippen LogP contribution in [0.4, 0.5) is 34.5 Å². The number of nitrogens with zero attached hydrogens (tertiary/aromatic N) is 7. The van der Waals surface area contributed by atoms with Crippen molar-refractivity contribution in [2.24, 2.45) is 0 Å². The SMILES string of the molecule is CCc1cc(Nc2ncc(Br)c(Nc3ccc4nccnc4c3NS(C)(=O)=O)n2)ccc1N1CCC(N2CCN(C)CC2)CC1. The zero-order chi connectivity index (χ0) is 31.6. The fraction of sp³-hybridized carbons (Fsp3) is 0.419. The second-order valence-electron chi connectivity index (χ2n) is 11.7. The Balaban J connectivity index is 1.17. The van der Waals surface area contributed by atoms with E-state index in [2.05, 4.69) is 93.1 Å². The van der Waals surface area contributed by atoms with Crippen molar-refractivity contribution >= 4 is 71.5 Å². The van der Waals surface area contributed by atoms with Gasteiger partial charge in [0.25, 0.3) is 0 Å². The molecule has 0 bridgehead atoms. The number of aromatic nitrogens is 4. The minimum absolute atomic E-state index is 0.291. The molecule has 2 aromatic carbocycles. The maximum absolute atomic E-state index is 12.2. The van der Waals surface area contributed by atoms with Crippen LogP contribution < -0.4 is 20.3 Å². The summed E-state index contributed by atoms with van der Waals surface area (Å²) in [5.74, 6) is 0.865. The molecule has 0 saturated carbocycles. The molecule has 2 aliphatic heterocycles. The third-order valence-corrected chi connectivity index (χ3v) is 9.66. The van der Waals surface area contributed by atoms with E-state index in [0.29, 0.717) is 44.7 Å². The van der Waals surface area contributed by atoms with Crippen LogP contribution in [0.25, 0.3) is 11.0 Å². The maximum atomic E-state index is 12.2. The van der Waals surface area contributed by atoms with E-state index in [1.165, 1.54) is 43.4 Å². The molecule has 6 rings (SSSR count). The lowest BCUT2D eigenvalue weighted by molar-refractivity contribution is 0.0982. The highest BCUT2D eigenvalue weighted by atomic mass is 79.9. The first-order valence-electron chi connectivity index (χ1n) is 15.3. The quantitative estimate of drug-likeness (QED) is 0.223. The van der Waals surface area contributed by atoms with Crippen LogP contribution in [0, 0.1) is 0 Å². The number of piperidine rings is 1.